The Morgan fingerprint density at radius 1 is 1.19 bits per heavy atom. The van der Waals surface area contributed by atoms with Crippen LogP contribution in [0.3, 0.4) is 0 Å². The van der Waals surface area contributed by atoms with Crippen LogP contribution < -0.4 is 73.0 Å². The maximum Gasteiger partial charge on any atom is 1.00 e. The molecule has 0 spiro atoms. The van der Waals surface area contributed by atoms with E-state index in [9.17, 15) is 10.2 Å². The maximum absolute atomic E-state index is 9.94. The van der Waals surface area contributed by atoms with Crippen molar-refractivity contribution in [2.24, 2.45) is 0 Å². The maximum atomic E-state index is 9.94. The monoisotopic (exact) mass is 497 g/mol. The van der Waals surface area contributed by atoms with Crippen molar-refractivity contribution in [3.8, 4) is 5.75 Å². The molecule has 1 aromatic carbocycles. The smallest absolute Gasteiger partial charge is 0.497 e. The molecule has 0 amide bonds. The molecule has 1 heterocycles. The van der Waals surface area contributed by atoms with Gasteiger partial charge in [0, 0.05) is 19.3 Å². The molecule has 1 aromatic rings. The first-order valence-corrected chi connectivity index (χ1v) is 10.7. The van der Waals surface area contributed by atoms with Crippen molar-refractivity contribution in [1.82, 2.24) is 0 Å². The molecular formula is C14H21INNaO9. The van der Waals surface area contributed by atoms with Crippen LogP contribution in [0.5, 0.6) is 5.75 Å². The number of hydrogen-bond acceptors (Lipinski definition) is 10. The minimum Gasteiger partial charge on any atom is -0.497 e. The van der Waals surface area contributed by atoms with Gasteiger partial charge in [0.25, 0.3) is 0 Å². The number of benzene rings is 1. The first-order chi connectivity index (χ1) is 11.7. The van der Waals surface area contributed by atoms with Gasteiger partial charge in [-0.15, -0.1) is 0 Å². The molecule has 2 N–H and O–H groups in total. The first kappa shape index (κ1) is 26.2. The van der Waals surface area contributed by atoms with Crippen LogP contribution in [0.15, 0.2) is 24.3 Å². The van der Waals surface area contributed by atoms with Crippen molar-refractivity contribution in [2.45, 2.75) is 18.2 Å². The number of methoxy groups -OCH3 is 2. The fraction of sp³-hybridized carbons (Fsp3) is 0.571. The van der Waals surface area contributed by atoms with Crippen LogP contribution in [-0.2, 0) is 9.47 Å². The molecule has 12 heteroatoms. The number of halogens is 1. The predicted octanol–water partition coefficient (Wildman–Crippen LogP) is -10.5. The van der Waals surface area contributed by atoms with Crippen LogP contribution in [-0.4, -0.2) is 62.6 Å². The van der Waals surface area contributed by atoms with Gasteiger partial charge in [0.15, 0.2) is 0 Å². The molecule has 0 saturated carbocycles. The number of ether oxygens (including phenoxy) is 3. The topological polar surface area (TPSA) is 164 Å². The molecule has 3 atom stereocenters. The second-order valence-corrected chi connectivity index (χ2v) is 7.24. The van der Waals surface area contributed by atoms with E-state index in [0.717, 1.165) is 11.4 Å². The van der Waals surface area contributed by atoms with E-state index in [1.165, 1.54) is 0 Å². The summed E-state index contributed by atoms with van der Waals surface area (Å²) < 4.78 is 50.0. The third kappa shape index (κ3) is 8.95. The predicted molar refractivity (Wildman–Crippen MR) is 74.0 cm³/mol. The summed E-state index contributed by atoms with van der Waals surface area (Å²) in [5.74, 6) is 0.778. The summed E-state index contributed by atoms with van der Waals surface area (Å²) in [5, 5.41) is 19.1. The summed E-state index contributed by atoms with van der Waals surface area (Å²) in [6.07, 6.45) is -1.01. The Labute approximate surface area is 179 Å². The molecule has 10 nitrogen and oxygen atoms in total. The van der Waals surface area contributed by atoms with Gasteiger partial charge in [-0.25, -0.2) is 0 Å². The van der Waals surface area contributed by atoms with Crippen LogP contribution >= 0.6 is 0 Å². The molecule has 144 valence electrons. The molecule has 1 aliphatic rings. The van der Waals surface area contributed by atoms with Crippen LogP contribution in [0.2, 0.25) is 0 Å². The summed E-state index contributed by atoms with van der Waals surface area (Å²) >= 11 is -5.94. The SMILES string of the molecule is COCO[C@@H]1CN(c2ccc(OC)cc2)[C@H]1[C@H](O)CO.[Na+].[O-][I+3]([O-])([O-])[O-]. The Balaban J connectivity index is 0.000000923. The quantitative estimate of drug-likeness (QED) is 0.210. The first-order valence-electron chi connectivity index (χ1n) is 7.13. The fourth-order valence-corrected chi connectivity index (χ4v) is 2.41. The molecule has 1 aliphatic heterocycles. The van der Waals surface area contributed by atoms with E-state index >= 15 is 0 Å². The molecule has 1 fully saturated rings. The molecular weight excluding hydrogens is 476 g/mol. The minimum absolute atomic E-state index is 0. The number of nitrogens with zero attached hydrogens (tertiary/aromatic N) is 1. The van der Waals surface area contributed by atoms with E-state index < -0.39 is 26.2 Å². The molecule has 0 bridgehead atoms. The number of hydrogen-bond donors (Lipinski definition) is 2. The zero-order chi connectivity index (χ0) is 19.0. The van der Waals surface area contributed by atoms with Crippen LogP contribution in [0.25, 0.3) is 0 Å². The molecule has 0 unspecified atom stereocenters. The van der Waals surface area contributed by atoms with Crippen LogP contribution in [0, 0.1) is 0 Å². The van der Waals surface area contributed by atoms with Gasteiger partial charge in [0.05, 0.1) is 25.9 Å². The van der Waals surface area contributed by atoms with Crippen molar-refractivity contribution in [3.05, 3.63) is 24.3 Å². The number of aliphatic hydroxyl groups is 2. The van der Waals surface area contributed by atoms with Gasteiger partial charge in [-0.3, -0.25) is 13.7 Å². The van der Waals surface area contributed by atoms with Crippen LogP contribution in [0.4, 0.5) is 5.69 Å². The molecule has 1 saturated heterocycles. The zero-order valence-electron chi connectivity index (χ0n) is 14.7. The minimum atomic E-state index is -5.94. The summed E-state index contributed by atoms with van der Waals surface area (Å²) in [4.78, 5) is 2.00. The van der Waals surface area contributed by atoms with Crippen LogP contribution in [0.1, 0.15) is 0 Å². The van der Waals surface area contributed by atoms with Gasteiger partial charge in [-0.05, 0) is 24.3 Å². The van der Waals surface area contributed by atoms with Crippen molar-refractivity contribution in [3.63, 3.8) is 0 Å². The molecule has 2 rings (SSSR count). The largest absolute Gasteiger partial charge is 1.00 e. The van der Waals surface area contributed by atoms with E-state index in [1.807, 2.05) is 29.2 Å². The summed E-state index contributed by atoms with van der Waals surface area (Å²) in [7, 11) is 3.17. The number of rotatable bonds is 7. The Morgan fingerprint density at radius 2 is 1.73 bits per heavy atom. The van der Waals surface area contributed by atoms with Crippen molar-refractivity contribution < 1.29 is 87.8 Å². The number of anilines is 1. The van der Waals surface area contributed by atoms with E-state index in [0.29, 0.717) is 6.54 Å². The van der Waals surface area contributed by atoms with E-state index in [1.54, 1.807) is 14.2 Å². The van der Waals surface area contributed by atoms with E-state index in [4.69, 9.17) is 28.0 Å². The Hall–Kier alpha value is 0.230. The van der Waals surface area contributed by atoms with E-state index in [2.05, 4.69) is 0 Å². The van der Waals surface area contributed by atoms with Crippen molar-refractivity contribution >= 4 is 5.69 Å². The Bertz CT molecular complexity index is 496. The zero-order valence-corrected chi connectivity index (χ0v) is 18.9. The number of aliphatic hydroxyl groups excluding tert-OH is 2. The van der Waals surface area contributed by atoms with Gasteiger partial charge in [-0.1, -0.05) is 0 Å². The standard InChI is InChI=1S/C14H21NO5.IO4.Na/c1-18-9-20-13-7-15(14(13)12(17)8-16)10-3-5-11(19-2)6-4-10;2-1(3,4)5;/h3-6,12-14,16-17H,7-9H2,1-2H3;;/q;-1;+1/t12-,13-,14+;;/m1../s1. The molecule has 0 aliphatic carbocycles. The Morgan fingerprint density at radius 3 is 2.15 bits per heavy atom. The van der Waals surface area contributed by atoms with E-state index in [-0.39, 0.29) is 55.1 Å². The average molecular weight is 497 g/mol. The van der Waals surface area contributed by atoms with Gasteiger partial charge in [0.2, 0.25) is 0 Å². The fourth-order valence-electron chi connectivity index (χ4n) is 2.41. The van der Waals surface area contributed by atoms with Crippen molar-refractivity contribution in [1.29, 1.82) is 0 Å². The van der Waals surface area contributed by atoms with Gasteiger partial charge in [0.1, 0.15) is 38.7 Å². The van der Waals surface area contributed by atoms with Gasteiger partial charge >= 0.3 is 29.6 Å². The summed E-state index contributed by atoms with van der Waals surface area (Å²) in [6.45, 7) is 0.525. The Kier molecular flexibility index (Phi) is 12.8. The van der Waals surface area contributed by atoms with Gasteiger partial charge < -0.3 is 29.3 Å². The average Bonchev–Trinajstić information content (AvgIpc) is 2.52. The normalized spacial score (nSPS) is 20.2. The molecule has 0 aromatic heterocycles. The third-order valence-electron chi connectivity index (χ3n) is 3.50. The van der Waals surface area contributed by atoms with Crippen molar-refractivity contribution in [2.75, 3.05) is 39.1 Å². The molecule has 0 radical (unpaired) electrons. The second-order valence-electron chi connectivity index (χ2n) is 5.08. The second kappa shape index (κ2) is 12.6. The molecule has 26 heavy (non-hydrogen) atoms. The van der Waals surface area contributed by atoms with Gasteiger partial charge in [-0.2, -0.15) is 0 Å². The third-order valence-corrected chi connectivity index (χ3v) is 3.50. The summed E-state index contributed by atoms with van der Waals surface area (Å²) in [5.41, 5.74) is 0.959. The summed E-state index contributed by atoms with van der Waals surface area (Å²) in [6, 6.07) is 7.29.